The summed E-state index contributed by atoms with van der Waals surface area (Å²) in [6, 6.07) is 15.9. The minimum absolute atomic E-state index is 0.196. The van der Waals surface area contributed by atoms with Crippen LogP contribution < -0.4 is 5.73 Å². The van der Waals surface area contributed by atoms with Crippen molar-refractivity contribution < 1.29 is 14.6 Å². The van der Waals surface area contributed by atoms with Gasteiger partial charge in [-0.1, -0.05) is 41.9 Å². The number of carbonyl (C=O) groups excluding carboxylic acids is 1. The zero-order valence-corrected chi connectivity index (χ0v) is 14.3. The molecule has 2 aromatic carbocycles. The third-order valence-corrected chi connectivity index (χ3v) is 4.07. The van der Waals surface area contributed by atoms with Gasteiger partial charge >= 0.3 is 5.97 Å². The normalized spacial score (nSPS) is 10.6. The van der Waals surface area contributed by atoms with E-state index < -0.39 is 5.97 Å². The Morgan fingerprint density at radius 2 is 1.88 bits per heavy atom. The number of hydrogen-bond acceptors (Lipinski definition) is 4. The Morgan fingerprint density at radius 3 is 2.52 bits per heavy atom. The van der Waals surface area contributed by atoms with Crippen molar-refractivity contribution in [1.82, 2.24) is 4.57 Å². The average molecular weight is 357 g/mol. The van der Waals surface area contributed by atoms with Gasteiger partial charge in [0, 0.05) is 11.3 Å². The van der Waals surface area contributed by atoms with E-state index in [0.29, 0.717) is 10.8 Å². The van der Waals surface area contributed by atoms with E-state index in [-0.39, 0.29) is 23.7 Å². The lowest BCUT2D eigenvalue weighted by atomic mass is 10.0. The SMILES string of the molecule is CCOC(=O)c1c(N)cc(Cl)n1-c1ccc(-c2ccccc2O)cc1. The zero-order chi connectivity index (χ0) is 18.0. The number of nitrogens with zero attached hydrogens (tertiary/aromatic N) is 1. The van der Waals surface area contributed by atoms with Crippen LogP contribution in [-0.4, -0.2) is 22.2 Å². The van der Waals surface area contributed by atoms with Crippen molar-refractivity contribution in [3.8, 4) is 22.6 Å². The van der Waals surface area contributed by atoms with Crippen molar-refractivity contribution >= 4 is 23.3 Å². The molecule has 1 heterocycles. The summed E-state index contributed by atoms with van der Waals surface area (Å²) in [6.45, 7) is 1.97. The molecule has 0 radical (unpaired) electrons. The molecule has 3 N–H and O–H groups in total. The number of aromatic nitrogens is 1. The second-order valence-corrected chi connectivity index (χ2v) is 5.78. The van der Waals surface area contributed by atoms with Gasteiger partial charge in [-0.25, -0.2) is 4.79 Å². The number of hydrogen-bond donors (Lipinski definition) is 2. The second kappa shape index (κ2) is 6.91. The molecule has 0 unspecified atom stereocenters. The lowest BCUT2D eigenvalue weighted by Gasteiger charge is -2.12. The maximum absolute atomic E-state index is 12.2. The van der Waals surface area contributed by atoms with Crippen LogP contribution in [0.15, 0.2) is 54.6 Å². The molecule has 5 nitrogen and oxygen atoms in total. The van der Waals surface area contributed by atoms with Crippen LogP contribution in [0.4, 0.5) is 5.69 Å². The third kappa shape index (κ3) is 3.19. The number of nitrogen functional groups attached to an aromatic ring is 1. The Morgan fingerprint density at radius 1 is 1.20 bits per heavy atom. The monoisotopic (exact) mass is 356 g/mol. The number of halogens is 1. The molecule has 0 saturated heterocycles. The number of rotatable bonds is 4. The van der Waals surface area contributed by atoms with Crippen LogP contribution in [0, 0.1) is 0 Å². The van der Waals surface area contributed by atoms with E-state index in [1.165, 1.54) is 6.07 Å². The van der Waals surface area contributed by atoms with E-state index in [9.17, 15) is 9.90 Å². The summed E-state index contributed by atoms with van der Waals surface area (Å²) in [5.41, 5.74) is 8.60. The molecule has 0 saturated carbocycles. The lowest BCUT2D eigenvalue weighted by Crippen LogP contribution is -2.13. The number of carbonyl (C=O) groups is 1. The second-order valence-electron chi connectivity index (χ2n) is 5.39. The van der Waals surface area contributed by atoms with Crippen LogP contribution >= 0.6 is 11.6 Å². The van der Waals surface area contributed by atoms with Gasteiger partial charge in [-0.3, -0.25) is 4.57 Å². The molecular weight excluding hydrogens is 340 g/mol. The molecule has 1 aromatic heterocycles. The van der Waals surface area contributed by atoms with Crippen LogP contribution in [-0.2, 0) is 4.74 Å². The van der Waals surface area contributed by atoms with Gasteiger partial charge in [-0.15, -0.1) is 0 Å². The first-order valence-electron chi connectivity index (χ1n) is 7.75. The van der Waals surface area contributed by atoms with Gasteiger partial charge in [0.1, 0.15) is 10.9 Å². The molecule has 0 fully saturated rings. The van der Waals surface area contributed by atoms with Gasteiger partial charge in [-0.2, -0.15) is 0 Å². The summed E-state index contributed by atoms with van der Waals surface area (Å²) >= 11 is 6.25. The van der Waals surface area contributed by atoms with E-state index in [0.717, 1.165) is 11.1 Å². The van der Waals surface area contributed by atoms with Crippen molar-refractivity contribution in [2.75, 3.05) is 12.3 Å². The quantitative estimate of drug-likeness (QED) is 0.684. The highest BCUT2D eigenvalue weighted by atomic mass is 35.5. The van der Waals surface area contributed by atoms with Gasteiger partial charge in [0.2, 0.25) is 0 Å². The van der Waals surface area contributed by atoms with Gasteiger partial charge < -0.3 is 15.6 Å². The minimum Gasteiger partial charge on any atom is -0.507 e. The van der Waals surface area contributed by atoms with Crippen LogP contribution in [0.25, 0.3) is 16.8 Å². The Hall–Kier alpha value is -2.92. The number of phenols is 1. The van der Waals surface area contributed by atoms with E-state index >= 15 is 0 Å². The van der Waals surface area contributed by atoms with Crippen LogP contribution in [0.3, 0.4) is 0 Å². The third-order valence-electron chi connectivity index (χ3n) is 3.79. The molecule has 25 heavy (non-hydrogen) atoms. The van der Waals surface area contributed by atoms with E-state index in [4.69, 9.17) is 22.1 Å². The Bertz CT molecular complexity index is 917. The molecule has 6 heteroatoms. The molecule has 0 aliphatic carbocycles. The molecule has 3 rings (SSSR count). The maximum Gasteiger partial charge on any atom is 0.357 e. The number of ether oxygens (including phenoxy) is 1. The van der Waals surface area contributed by atoms with E-state index in [2.05, 4.69) is 0 Å². The number of aromatic hydroxyl groups is 1. The van der Waals surface area contributed by atoms with Crippen LogP contribution in [0.2, 0.25) is 5.15 Å². The van der Waals surface area contributed by atoms with Crippen molar-refractivity contribution in [2.24, 2.45) is 0 Å². The van der Waals surface area contributed by atoms with Crippen molar-refractivity contribution in [3.63, 3.8) is 0 Å². The fourth-order valence-electron chi connectivity index (χ4n) is 2.67. The van der Waals surface area contributed by atoms with Gasteiger partial charge in [-0.05, 0) is 36.8 Å². The number of para-hydroxylation sites is 1. The van der Waals surface area contributed by atoms with Crippen molar-refractivity contribution in [3.05, 3.63) is 65.4 Å². The predicted octanol–water partition coefficient (Wildman–Crippen LogP) is 4.26. The Balaban J connectivity index is 2.04. The van der Waals surface area contributed by atoms with Gasteiger partial charge in [0.05, 0.1) is 12.3 Å². The summed E-state index contributed by atoms with van der Waals surface area (Å²) < 4.78 is 6.61. The Labute approximate surface area is 150 Å². The number of benzene rings is 2. The highest BCUT2D eigenvalue weighted by molar-refractivity contribution is 6.30. The molecule has 0 bridgehead atoms. The van der Waals surface area contributed by atoms with Gasteiger partial charge in [0.25, 0.3) is 0 Å². The fraction of sp³-hybridized carbons (Fsp3) is 0.105. The van der Waals surface area contributed by atoms with Crippen LogP contribution in [0.1, 0.15) is 17.4 Å². The van der Waals surface area contributed by atoms with Crippen molar-refractivity contribution in [2.45, 2.75) is 6.92 Å². The standard InChI is InChI=1S/C19H17ClN2O3/c1-2-25-19(24)18-15(21)11-17(20)22(18)13-9-7-12(8-10-13)14-5-3-4-6-16(14)23/h3-11,23H,2,21H2,1H3. The number of esters is 1. The number of anilines is 1. The summed E-state index contributed by atoms with van der Waals surface area (Å²) in [7, 11) is 0. The minimum atomic E-state index is -0.531. The zero-order valence-electron chi connectivity index (χ0n) is 13.6. The number of phenolic OH excluding ortho intramolecular Hbond substituents is 1. The lowest BCUT2D eigenvalue weighted by molar-refractivity contribution is 0.0518. The molecule has 0 amide bonds. The number of nitrogens with two attached hydrogens (primary N) is 1. The summed E-state index contributed by atoms with van der Waals surface area (Å²) in [6.07, 6.45) is 0. The van der Waals surface area contributed by atoms with Gasteiger partial charge in [0.15, 0.2) is 5.69 Å². The summed E-state index contributed by atoms with van der Waals surface area (Å²) in [5.74, 6) is -0.331. The highest BCUT2D eigenvalue weighted by Crippen LogP contribution is 2.32. The Kier molecular flexibility index (Phi) is 4.67. The van der Waals surface area contributed by atoms with E-state index in [1.807, 2.05) is 24.3 Å². The van der Waals surface area contributed by atoms with Crippen molar-refractivity contribution in [1.29, 1.82) is 0 Å². The topological polar surface area (TPSA) is 77.5 Å². The van der Waals surface area contributed by atoms with Crippen LogP contribution in [0.5, 0.6) is 5.75 Å². The largest absolute Gasteiger partial charge is 0.507 e. The first kappa shape index (κ1) is 16.9. The highest BCUT2D eigenvalue weighted by Gasteiger charge is 2.21. The molecule has 0 spiro atoms. The molecule has 3 aromatic rings. The first-order chi connectivity index (χ1) is 12.0. The molecule has 0 atom stereocenters. The summed E-state index contributed by atoms with van der Waals surface area (Å²) in [4.78, 5) is 12.2. The molecule has 128 valence electrons. The predicted molar refractivity (Wildman–Crippen MR) is 98.2 cm³/mol. The first-order valence-corrected chi connectivity index (χ1v) is 8.13. The molecular formula is C19H17ClN2O3. The maximum atomic E-state index is 12.2. The summed E-state index contributed by atoms with van der Waals surface area (Å²) in [5, 5.41) is 10.3. The average Bonchev–Trinajstić information content (AvgIpc) is 2.90. The molecule has 0 aliphatic heterocycles. The van der Waals surface area contributed by atoms with E-state index in [1.54, 1.807) is 35.8 Å². The molecule has 0 aliphatic rings. The smallest absolute Gasteiger partial charge is 0.357 e. The fourth-order valence-corrected chi connectivity index (χ4v) is 2.97.